The SMILES string of the molecule is C=CC(=C)NC(=C/C)/C=C(\C=C)C1=CC=CC(=C/N=C)/C1=N\CNc1ccc(N2CCN(C)CC2)nc1.CCC. The summed E-state index contributed by atoms with van der Waals surface area (Å²) in [5.74, 6) is 1.00. The Hall–Kier alpha value is -4.23. The highest BCUT2D eigenvalue weighted by molar-refractivity contribution is 6.18. The van der Waals surface area contributed by atoms with Crippen LogP contribution in [0.2, 0.25) is 0 Å². The Labute approximate surface area is 241 Å². The maximum absolute atomic E-state index is 4.88. The van der Waals surface area contributed by atoms with E-state index in [1.54, 1.807) is 12.3 Å². The van der Waals surface area contributed by atoms with Gasteiger partial charge in [-0.1, -0.05) is 70.4 Å². The first kappa shape index (κ1) is 32.0. The number of likely N-dealkylation sites (N-methyl/N-ethyl adjacent to an activating group) is 1. The summed E-state index contributed by atoms with van der Waals surface area (Å²) in [6, 6.07) is 4.11. The zero-order valence-electron chi connectivity index (χ0n) is 24.7. The fourth-order valence-corrected chi connectivity index (χ4v) is 3.94. The third-order valence-electron chi connectivity index (χ3n) is 6.10. The number of hydrogen-bond acceptors (Lipinski definition) is 7. The van der Waals surface area contributed by atoms with Crippen molar-refractivity contribution in [1.29, 1.82) is 0 Å². The van der Waals surface area contributed by atoms with E-state index in [1.807, 2.05) is 55.6 Å². The van der Waals surface area contributed by atoms with E-state index in [0.717, 1.165) is 65.8 Å². The van der Waals surface area contributed by atoms with Gasteiger partial charge in [-0.25, -0.2) is 4.98 Å². The van der Waals surface area contributed by atoms with E-state index in [-0.39, 0.29) is 0 Å². The minimum absolute atomic E-state index is 0.372. The Morgan fingerprint density at radius 2 is 1.85 bits per heavy atom. The molecule has 0 bridgehead atoms. The Balaban J connectivity index is 0.00000178. The predicted octanol–water partition coefficient (Wildman–Crippen LogP) is 6.45. The van der Waals surface area contributed by atoms with Crippen LogP contribution in [0.15, 0.2) is 125 Å². The van der Waals surface area contributed by atoms with E-state index in [4.69, 9.17) is 4.99 Å². The van der Waals surface area contributed by atoms with Crippen LogP contribution in [0.1, 0.15) is 27.2 Å². The van der Waals surface area contributed by atoms with Gasteiger partial charge < -0.3 is 20.4 Å². The summed E-state index contributed by atoms with van der Waals surface area (Å²) in [7, 11) is 2.15. The minimum atomic E-state index is 0.372. The topological polar surface area (TPSA) is 68.2 Å². The molecule has 0 aromatic carbocycles. The predicted molar refractivity (Wildman–Crippen MR) is 175 cm³/mol. The third kappa shape index (κ3) is 9.82. The lowest BCUT2D eigenvalue weighted by atomic mass is 9.91. The number of rotatable bonds is 11. The molecule has 1 aliphatic heterocycles. The summed E-state index contributed by atoms with van der Waals surface area (Å²) in [5.41, 5.74) is 6.02. The van der Waals surface area contributed by atoms with Gasteiger partial charge in [-0.2, -0.15) is 0 Å². The highest BCUT2D eigenvalue weighted by atomic mass is 15.3. The summed E-state index contributed by atoms with van der Waals surface area (Å²) < 4.78 is 0. The summed E-state index contributed by atoms with van der Waals surface area (Å²) in [4.78, 5) is 18.2. The van der Waals surface area contributed by atoms with Crippen LogP contribution in [-0.4, -0.2) is 62.2 Å². The molecule has 212 valence electrons. The van der Waals surface area contributed by atoms with Gasteiger partial charge in [-0.3, -0.25) is 9.98 Å². The van der Waals surface area contributed by atoms with Crippen LogP contribution in [0.4, 0.5) is 11.5 Å². The normalized spacial score (nSPS) is 18.0. The molecule has 7 nitrogen and oxygen atoms in total. The number of aromatic nitrogens is 1. The quantitative estimate of drug-likeness (QED) is 0.250. The standard InChI is InChI=1S/C30H37N7.C3H8/c1-7-23(4)35-26(9-3)19-24(8-2)28-12-10-11-25(20-31-5)30(28)34-22-33-27-13-14-29(32-21-27)37-17-15-36(6)16-18-37;1-3-2/h7-14,19-21,33,35H,1-2,4-5,15-18,22H2,3,6H3;3H2,1-2H3/b24-19+,25-20-,26-9+,34-30+;. The number of pyridine rings is 1. The second-order valence-corrected chi connectivity index (χ2v) is 9.35. The van der Waals surface area contributed by atoms with Gasteiger partial charge in [0.1, 0.15) is 12.5 Å². The summed E-state index contributed by atoms with van der Waals surface area (Å²) in [6.45, 7) is 26.0. The van der Waals surface area contributed by atoms with Crippen molar-refractivity contribution in [3.05, 3.63) is 115 Å². The van der Waals surface area contributed by atoms with Gasteiger partial charge >= 0.3 is 0 Å². The van der Waals surface area contributed by atoms with Crippen molar-refractivity contribution in [1.82, 2.24) is 15.2 Å². The number of nitrogens with one attached hydrogen (secondary N) is 2. The fraction of sp³-hybridized carbons (Fsp3) is 0.303. The number of aliphatic imine (C=N–C) groups is 2. The number of allylic oxidation sites excluding steroid dienone is 10. The molecule has 40 heavy (non-hydrogen) atoms. The van der Waals surface area contributed by atoms with E-state index < -0.39 is 0 Å². The van der Waals surface area contributed by atoms with E-state index in [0.29, 0.717) is 12.4 Å². The smallest absolute Gasteiger partial charge is 0.128 e. The Morgan fingerprint density at radius 3 is 2.42 bits per heavy atom. The number of piperazine rings is 1. The van der Waals surface area contributed by atoms with E-state index in [1.165, 1.54) is 6.42 Å². The second kappa shape index (κ2) is 17.4. The molecule has 0 saturated carbocycles. The molecular formula is C33H45N7. The van der Waals surface area contributed by atoms with Crippen LogP contribution < -0.4 is 15.5 Å². The average Bonchev–Trinajstić information content (AvgIpc) is 2.97. The molecule has 2 aliphatic rings. The first-order valence-electron chi connectivity index (χ1n) is 13.7. The molecule has 1 aliphatic carbocycles. The molecule has 0 atom stereocenters. The first-order chi connectivity index (χ1) is 19.4. The largest absolute Gasteiger partial charge is 0.365 e. The number of hydrogen-bond donors (Lipinski definition) is 2. The van der Waals surface area contributed by atoms with Gasteiger partial charge in [0.2, 0.25) is 0 Å². The third-order valence-corrected chi connectivity index (χ3v) is 6.10. The van der Waals surface area contributed by atoms with Crippen LogP contribution in [0.25, 0.3) is 0 Å². The molecule has 0 spiro atoms. The molecular weight excluding hydrogens is 494 g/mol. The monoisotopic (exact) mass is 539 g/mol. The van der Waals surface area contributed by atoms with E-state index in [2.05, 4.69) is 83.8 Å². The molecule has 0 radical (unpaired) electrons. The van der Waals surface area contributed by atoms with Crippen LogP contribution >= 0.6 is 0 Å². The fourth-order valence-electron chi connectivity index (χ4n) is 3.94. The maximum atomic E-state index is 4.88. The molecule has 1 aromatic rings. The van der Waals surface area contributed by atoms with Crippen molar-refractivity contribution in [2.75, 3.05) is 50.1 Å². The van der Waals surface area contributed by atoms with Crippen LogP contribution in [-0.2, 0) is 0 Å². The maximum Gasteiger partial charge on any atom is 0.128 e. The zero-order valence-corrected chi connectivity index (χ0v) is 24.7. The van der Waals surface area contributed by atoms with Crippen molar-refractivity contribution < 1.29 is 0 Å². The summed E-state index contributed by atoms with van der Waals surface area (Å²) >= 11 is 0. The lowest BCUT2D eigenvalue weighted by Crippen LogP contribution is -2.44. The van der Waals surface area contributed by atoms with Crippen LogP contribution in [0.5, 0.6) is 0 Å². The lowest BCUT2D eigenvalue weighted by molar-refractivity contribution is 0.312. The Bertz CT molecular complexity index is 1200. The van der Waals surface area contributed by atoms with E-state index >= 15 is 0 Å². The first-order valence-corrected chi connectivity index (χ1v) is 13.7. The van der Waals surface area contributed by atoms with Gasteiger partial charge in [-0.05, 0) is 50.5 Å². The number of nitrogens with zero attached hydrogens (tertiary/aromatic N) is 5. The Morgan fingerprint density at radius 1 is 1.12 bits per heavy atom. The molecule has 1 aromatic heterocycles. The van der Waals surface area contributed by atoms with Gasteiger partial charge in [-0.15, -0.1) is 0 Å². The summed E-state index contributed by atoms with van der Waals surface area (Å²) in [6.07, 6.45) is 18.3. The van der Waals surface area contributed by atoms with Crippen molar-refractivity contribution in [2.45, 2.75) is 27.2 Å². The molecule has 2 N–H and O–H groups in total. The van der Waals surface area contributed by atoms with Crippen molar-refractivity contribution in [3.8, 4) is 0 Å². The van der Waals surface area contributed by atoms with Gasteiger partial charge in [0, 0.05) is 54.9 Å². The molecule has 3 rings (SSSR count). The number of anilines is 2. The van der Waals surface area contributed by atoms with Gasteiger partial charge in [0.15, 0.2) is 0 Å². The zero-order chi connectivity index (χ0) is 29.3. The Kier molecular flexibility index (Phi) is 13.9. The van der Waals surface area contributed by atoms with Crippen LogP contribution in [0.3, 0.4) is 0 Å². The molecule has 1 saturated heterocycles. The van der Waals surface area contributed by atoms with E-state index in [9.17, 15) is 0 Å². The van der Waals surface area contributed by atoms with Gasteiger partial charge in [0.05, 0.1) is 17.6 Å². The average molecular weight is 540 g/mol. The minimum Gasteiger partial charge on any atom is -0.365 e. The highest BCUT2D eigenvalue weighted by Crippen LogP contribution is 2.25. The molecule has 7 heteroatoms. The lowest BCUT2D eigenvalue weighted by Gasteiger charge is -2.33. The second-order valence-electron chi connectivity index (χ2n) is 9.35. The molecule has 0 amide bonds. The van der Waals surface area contributed by atoms with Gasteiger partial charge in [0.25, 0.3) is 0 Å². The van der Waals surface area contributed by atoms with Crippen molar-refractivity contribution in [3.63, 3.8) is 0 Å². The van der Waals surface area contributed by atoms with Crippen molar-refractivity contribution in [2.24, 2.45) is 9.98 Å². The highest BCUT2D eigenvalue weighted by Gasteiger charge is 2.17. The molecule has 2 heterocycles. The van der Waals surface area contributed by atoms with Crippen molar-refractivity contribution >= 4 is 23.9 Å². The molecule has 0 unspecified atom stereocenters. The summed E-state index contributed by atoms with van der Waals surface area (Å²) in [5, 5.41) is 6.60. The van der Waals surface area contributed by atoms with Crippen LogP contribution in [0, 0.1) is 0 Å². The molecule has 1 fully saturated rings.